The molecule has 3 aromatic rings. The van der Waals surface area contributed by atoms with Gasteiger partial charge in [0.25, 0.3) is 0 Å². The van der Waals surface area contributed by atoms with Crippen molar-refractivity contribution < 1.29 is 8.42 Å². The summed E-state index contributed by atoms with van der Waals surface area (Å²) in [7, 11) is -3.44. The van der Waals surface area contributed by atoms with Crippen LogP contribution < -0.4 is 0 Å². The minimum Gasteiger partial charge on any atom is -0.310 e. The van der Waals surface area contributed by atoms with Gasteiger partial charge < -0.3 is 4.57 Å². The molecule has 6 nitrogen and oxygen atoms in total. The number of aromatic nitrogens is 3. The number of sulfonamides is 1. The van der Waals surface area contributed by atoms with Gasteiger partial charge in [-0.3, -0.25) is 0 Å². The molecule has 1 aromatic carbocycles. The third-order valence-electron chi connectivity index (χ3n) is 5.42. The van der Waals surface area contributed by atoms with Crippen LogP contribution in [0, 0.1) is 12.8 Å². The van der Waals surface area contributed by atoms with E-state index in [9.17, 15) is 8.42 Å². The van der Waals surface area contributed by atoms with Crippen LogP contribution in [-0.2, 0) is 16.4 Å². The molecule has 0 aliphatic carbocycles. The Bertz CT molecular complexity index is 1090. The summed E-state index contributed by atoms with van der Waals surface area (Å²) < 4.78 is 29.7. The molecular formula is C21H26N4O2S. The van der Waals surface area contributed by atoms with Crippen molar-refractivity contribution in [3.63, 3.8) is 0 Å². The van der Waals surface area contributed by atoms with Crippen LogP contribution in [0.15, 0.2) is 47.5 Å². The Labute approximate surface area is 166 Å². The average molecular weight is 399 g/mol. The van der Waals surface area contributed by atoms with Crippen molar-refractivity contribution in [3.8, 4) is 0 Å². The Hall–Kier alpha value is -2.25. The van der Waals surface area contributed by atoms with Gasteiger partial charge in [0, 0.05) is 31.7 Å². The highest BCUT2D eigenvalue weighted by molar-refractivity contribution is 7.89. The molecule has 1 unspecified atom stereocenters. The first-order chi connectivity index (χ1) is 13.4. The Morgan fingerprint density at radius 3 is 2.64 bits per heavy atom. The standard InChI is InChI=1S/C21H26N4O2S/c1-15(2)25-20(23-19-5-4-11-22-21(19)25)13-17-10-12-24(14-17)28(26,27)18-8-6-16(3)7-9-18/h4-9,11,15,17H,10,12-14H2,1-3H3. The summed E-state index contributed by atoms with van der Waals surface area (Å²) >= 11 is 0. The normalized spacial score (nSPS) is 18.4. The molecule has 1 aliphatic rings. The van der Waals surface area contributed by atoms with Crippen LogP contribution in [0.3, 0.4) is 0 Å². The van der Waals surface area contributed by atoms with E-state index >= 15 is 0 Å². The van der Waals surface area contributed by atoms with Crippen LogP contribution >= 0.6 is 0 Å². The molecule has 4 rings (SSSR count). The monoisotopic (exact) mass is 398 g/mol. The number of nitrogens with zero attached hydrogens (tertiary/aromatic N) is 4. The lowest BCUT2D eigenvalue weighted by Gasteiger charge is -2.18. The molecule has 28 heavy (non-hydrogen) atoms. The highest BCUT2D eigenvalue weighted by Gasteiger charge is 2.33. The number of rotatable bonds is 5. The quantitative estimate of drug-likeness (QED) is 0.659. The molecule has 0 spiro atoms. The summed E-state index contributed by atoms with van der Waals surface area (Å²) in [5, 5.41) is 0. The van der Waals surface area contributed by atoms with Gasteiger partial charge in [-0.25, -0.2) is 18.4 Å². The van der Waals surface area contributed by atoms with Gasteiger partial charge in [-0.2, -0.15) is 4.31 Å². The zero-order valence-corrected chi connectivity index (χ0v) is 17.4. The van der Waals surface area contributed by atoms with E-state index in [4.69, 9.17) is 4.98 Å². The SMILES string of the molecule is Cc1ccc(S(=O)(=O)N2CCC(Cc3nc4cccnc4n3C(C)C)C2)cc1. The maximum atomic E-state index is 13.0. The third kappa shape index (κ3) is 3.44. The zero-order chi connectivity index (χ0) is 19.9. The van der Waals surface area contributed by atoms with E-state index in [0.29, 0.717) is 18.0 Å². The summed E-state index contributed by atoms with van der Waals surface area (Å²) in [5.41, 5.74) is 2.85. The number of benzene rings is 1. The zero-order valence-electron chi connectivity index (χ0n) is 16.5. The predicted octanol–water partition coefficient (Wildman–Crippen LogP) is 3.57. The van der Waals surface area contributed by atoms with Crippen molar-refractivity contribution in [2.24, 2.45) is 5.92 Å². The Morgan fingerprint density at radius 1 is 1.18 bits per heavy atom. The summed E-state index contributed by atoms with van der Waals surface area (Å²) in [5.74, 6) is 1.25. The van der Waals surface area contributed by atoms with Gasteiger partial charge in [-0.05, 0) is 57.4 Å². The Kier molecular flexibility index (Phi) is 4.97. The van der Waals surface area contributed by atoms with Crippen molar-refractivity contribution in [2.75, 3.05) is 13.1 Å². The molecule has 0 radical (unpaired) electrons. The summed E-state index contributed by atoms with van der Waals surface area (Å²) in [4.78, 5) is 9.65. The van der Waals surface area contributed by atoms with Gasteiger partial charge in [0.2, 0.25) is 10.0 Å². The summed E-state index contributed by atoms with van der Waals surface area (Å²) in [6, 6.07) is 11.2. The molecule has 0 amide bonds. The molecular weight excluding hydrogens is 372 g/mol. The maximum Gasteiger partial charge on any atom is 0.243 e. The number of aryl methyl sites for hydroxylation is 1. The second kappa shape index (κ2) is 7.29. The minimum absolute atomic E-state index is 0.253. The number of pyridine rings is 1. The van der Waals surface area contributed by atoms with E-state index in [-0.39, 0.29) is 12.0 Å². The molecule has 0 saturated carbocycles. The number of hydrogen-bond acceptors (Lipinski definition) is 4. The fraction of sp³-hybridized carbons (Fsp3) is 0.429. The number of hydrogen-bond donors (Lipinski definition) is 0. The van der Waals surface area contributed by atoms with Crippen molar-refractivity contribution in [3.05, 3.63) is 54.0 Å². The second-order valence-electron chi connectivity index (χ2n) is 7.87. The van der Waals surface area contributed by atoms with Gasteiger partial charge in [0.05, 0.1) is 4.90 Å². The fourth-order valence-electron chi connectivity index (χ4n) is 3.96. The van der Waals surface area contributed by atoms with Crippen LogP contribution in [0.25, 0.3) is 11.2 Å². The predicted molar refractivity (Wildman–Crippen MR) is 110 cm³/mol. The van der Waals surface area contributed by atoms with Crippen molar-refractivity contribution in [1.82, 2.24) is 18.8 Å². The molecule has 1 saturated heterocycles. The smallest absolute Gasteiger partial charge is 0.243 e. The first-order valence-electron chi connectivity index (χ1n) is 9.75. The molecule has 0 N–H and O–H groups in total. The van der Waals surface area contributed by atoms with E-state index in [1.165, 1.54) is 0 Å². The van der Waals surface area contributed by atoms with E-state index in [2.05, 4.69) is 23.4 Å². The number of imidazole rings is 1. The van der Waals surface area contributed by atoms with Gasteiger partial charge in [-0.15, -0.1) is 0 Å². The lowest BCUT2D eigenvalue weighted by Crippen LogP contribution is -2.29. The first kappa shape index (κ1) is 19.1. The van der Waals surface area contributed by atoms with Gasteiger partial charge in [-0.1, -0.05) is 17.7 Å². The average Bonchev–Trinajstić information content (AvgIpc) is 3.27. The van der Waals surface area contributed by atoms with E-state index in [0.717, 1.165) is 35.4 Å². The molecule has 3 heterocycles. The highest BCUT2D eigenvalue weighted by Crippen LogP contribution is 2.28. The molecule has 148 valence electrons. The second-order valence-corrected chi connectivity index (χ2v) is 9.81. The largest absolute Gasteiger partial charge is 0.310 e. The lowest BCUT2D eigenvalue weighted by molar-refractivity contribution is 0.447. The summed E-state index contributed by atoms with van der Waals surface area (Å²) in [6.07, 6.45) is 3.40. The van der Waals surface area contributed by atoms with E-state index in [1.807, 2.05) is 31.2 Å². The Balaban J connectivity index is 1.55. The molecule has 7 heteroatoms. The van der Waals surface area contributed by atoms with Gasteiger partial charge in [0.15, 0.2) is 5.65 Å². The minimum atomic E-state index is -3.44. The fourth-order valence-corrected chi connectivity index (χ4v) is 5.49. The molecule has 0 bridgehead atoms. The van der Waals surface area contributed by atoms with Crippen LogP contribution in [0.1, 0.15) is 37.7 Å². The molecule has 1 atom stereocenters. The van der Waals surface area contributed by atoms with Crippen molar-refractivity contribution in [2.45, 2.75) is 44.6 Å². The van der Waals surface area contributed by atoms with Crippen LogP contribution in [0.2, 0.25) is 0 Å². The van der Waals surface area contributed by atoms with Crippen molar-refractivity contribution in [1.29, 1.82) is 0 Å². The van der Waals surface area contributed by atoms with Crippen LogP contribution in [0.5, 0.6) is 0 Å². The van der Waals surface area contributed by atoms with E-state index < -0.39 is 10.0 Å². The van der Waals surface area contributed by atoms with Crippen molar-refractivity contribution >= 4 is 21.2 Å². The van der Waals surface area contributed by atoms with Gasteiger partial charge >= 0.3 is 0 Å². The van der Waals surface area contributed by atoms with Crippen LogP contribution in [-0.4, -0.2) is 40.3 Å². The van der Waals surface area contributed by atoms with Crippen LogP contribution in [0.4, 0.5) is 0 Å². The topological polar surface area (TPSA) is 68.1 Å². The maximum absolute atomic E-state index is 13.0. The lowest BCUT2D eigenvalue weighted by atomic mass is 10.0. The third-order valence-corrected chi connectivity index (χ3v) is 7.30. The number of fused-ring (bicyclic) bond motifs is 1. The van der Waals surface area contributed by atoms with E-state index in [1.54, 1.807) is 22.6 Å². The summed E-state index contributed by atoms with van der Waals surface area (Å²) in [6.45, 7) is 7.30. The highest BCUT2D eigenvalue weighted by atomic mass is 32.2. The Morgan fingerprint density at radius 2 is 1.93 bits per heavy atom. The molecule has 2 aromatic heterocycles. The first-order valence-corrected chi connectivity index (χ1v) is 11.2. The molecule has 1 fully saturated rings. The van der Waals surface area contributed by atoms with Gasteiger partial charge in [0.1, 0.15) is 11.3 Å². The molecule has 1 aliphatic heterocycles.